The van der Waals surface area contributed by atoms with Gasteiger partial charge in [0.1, 0.15) is 6.54 Å². The zero-order valence-corrected chi connectivity index (χ0v) is 19.2. The number of anilines is 2. The van der Waals surface area contributed by atoms with Gasteiger partial charge in [-0.3, -0.25) is 9.10 Å². The number of nitrogens with zero attached hydrogens (tertiary/aromatic N) is 1. The molecule has 0 radical (unpaired) electrons. The maximum absolute atomic E-state index is 13.4. The van der Waals surface area contributed by atoms with Gasteiger partial charge in [0.05, 0.1) is 10.6 Å². The fourth-order valence-electron chi connectivity index (χ4n) is 3.19. The van der Waals surface area contributed by atoms with Crippen LogP contribution in [-0.2, 0) is 14.8 Å². The number of carbonyl (C=O) groups is 1. The van der Waals surface area contributed by atoms with Crippen molar-refractivity contribution in [3.05, 3.63) is 88.9 Å². The number of rotatable bonds is 7. The predicted molar refractivity (Wildman–Crippen MR) is 126 cm³/mol. The molecule has 1 N–H and O–H groups in total. The Morgan fingerprint density at radius 2 is 1.58 bits per heavy atom. The topological polar surface area (TPSA) is 66.5 Å². The third-order valence-corrected chi connectivity index (χ3v) is 6.91. The number of nitrogens with one attached hydrogen (secondary N) is 1. The second-order valence-corrected chi connectivity index (χ2v) is 9.89. The molecular weight excluding hydrogens is 432 g/mol. The number of hydrogen-bond acceptors (Lipinski definition) is 3. The number of halogens is 1. The van der Waals surface area contributed by atoms with E-state index < -0.39 is 15.9 Å². The zero-order valence-electron chi connectivity index (χ0n) is 17.7. The van der Waals surface area contributed by atoms with E-state index in [-0.39, 0.29) is 17.4 Å². The zero-order chi connectivity index (χ0) is 22.6. The van der Waals surface area contributed by atoms with Crippen LogP contribution in [-0.4, -0.2) is 20.9 Å². The summed E-state index contributed by atoms with van der Waals surface area (Å²) in [4.78, 5) is 13.0. The molecule has 3 aromatic rings. The van der Waals surface area contributed by atoms with Crippen LogP contribution in [0.25, 0.3) is 0 Å². The molecule has 0 fully saturated rings. The van der Waals surface area contributed by atoms with Crippen molar-refractivity contribution < 1.29 is 13.2 Å². The van der Waals surface area contributed by atoms with Crippen LogP contribution in [0, 0.1) is 6.92 Å². The molecule has 0 spiro atoms. The van der Waals surface area contributed by atoms with E-state index in [1.54, 1.807) is 48.5 Å². The molecule has 0 aliphatic rings. The lowest BCUT2D eigenvalue weighted by atomic mass is 10.0. The lowest BCUT2D eigenvalue weighted by Gasteiger charge is -2.24. The van der Waals surface area contributed by atoms with Crippen LogP contribution in [0.4, 0.5) is 11.4 Å². The third-order valence-electron chi connectivity index (χ3n) is 4.87. The van der Waals surface area contributed by atoms with E-state index >= 15 is 0 Å². The fourth-order valence-corrected chi connectivity index (χ4v) is 4.74. The molecule has 0 saturated heterocycles. The van der Waals surface area contributed by atoms with Gasteiger partial charge in [-0.15, -0.1) is 0 Å². The molecule has 0 aliphatic heterocycles. The number of para-hydroxylation sites is 1. The van der Waals surface area contributed by atoms with Crippen molar-refractivity contribution in [2.24, 2.45) is 0 Å². The molecule has 0 aromatic heterocycles. The minimum Gasteiger partial charge on any atom is -0.324 e. The monoisotopic (exact) mass is 456 g/mol. The minimum atomic E-state index is -3.97. The van der Waals surface area contributed by atoms with Crippen LogP contribution in [0.15, 0.2) is 77.7 Å². The summed E-state index contributed by atoms with van der Waals surface area (Å²) in [6.45, 7) is 5.58. The average Bonchev–Trinajstić information content (AvgIpc) is 2.73. The van der Waals surface area contributed by atoms with Crippen molar-refractivity contribution in [3.8, 4) is 0 Å². The molecule has 1 amide bonds. The van der Waals surface area contributed by atoms with Crippen LogP contribution >= 0.6 is 11.6 Å². The summed E-state index contributed by atoms with van der Waals surface area (Å²) in [5, 5.41) is 3.34. The summed E-state index contributed by atoms with van der Waals surface area (Å²) >= 11 is 5.98. The van der Waals surface area contributed by atoms with E-state index in [4.69, 9.17) is 11.6 Å². The molecule has 0 saturated carbocycles. The first-order valence-corrected chi connectivity index (χ1v) is 11.7. The first-order valence-electron chi connectivity index (χ1n) is 9.92. The summed E-state index contributed by atoms with van der Waals surface area (Å²) in [6, 6.07) is 20.4. The standard InChI is InChI=1S/C24H25ClN2O3S/c1-17(2)22-6-4-5-7-23(22)26-24(28)16-27(20-12-10-19(25)11-13-20)31(29,30)21-14-8-18(3)9-15-21/h4-15,17H,16H2,1-3H3,(H,26,28). The second-order valence-electron chi connectivity index (χ2n) is 7.59. The van der Waals surface area contributed by atoms with Crippen LogP contribution in [0.2, 0.25) is 5.02 Å². The number of aryl methyl sites for hydroxylation is 1. The highest BCUT2D eigenvalue weighted by molar-refractivity contribution is 7.92. The highest BCUT2D eigenvalue weighted by Gasteiger charge is 2.27. The molecule has 0 bridgehead atoms. The van der Waals surface area contributed by atoms with Crippen molar-refractivity contribution >= 4 is 38.9 Å². The Morgan fingerprint density at radius 3 is 2.19 bits per heavy atom. The first-order chi connectivity index (χ1) is 14.7. The Hall–Kier alpha value is -2.83. The van der Waals surface area contributed by atoms with Gasteiger partial charge >= 0.3 is 0 Å². The highest BCUT2D eigenvalue weighted by Crippen LogP contribution is 2.27. The molecule has 0 heterocycles. The van der Waals surface area contributed by atoms with Crippen molar-refractivity contribution in [3.63, 3.8) is 0 Å². The molecular formula is C24H25ClN2O3S. The maximum atomic E-state index is 13.4. The molecule has 5 nitrogen and oxygen atoms in total. The molecule has 7 heteroatoms. The van der Waals surface area contributed by atoms with E-state index in [2.05, 4.69) is 5.32 Å². The predicted octanol–water partition coefficient (Wildman–Crippen LogP) is 5.61. The van der Waals surface area contributed by atoms with Crippen LogP contribution in [0.1, 0.15) is 30.9 Å². The summed E-state index contributed by atoms with van der Waals surface area (Å²) in [5.41, 5.74) is 2.96. The Morgan fingerprint density at radius 1 is 0.968 bits per heavy atom. The molecule has 0 atom stereocenters. The van der Waals surface area contributed by atoms with E-state index in [1.165, 1.54) is 0 Å². The average molecular weight is 457 g/mol. The SMILES string of the molecule is Cc1ccc(S(=O)(=O)N(CC(=O)Nc2ccccc2C(C)C)c2ccc(Cl)cc2)cc1. The third kappa shape index (κ3) is 5.46. The largest absolute Gasteiger partial charge is 0.324 e. The Labute approximate surface area is 188 Å². The number of carbonyl (C=O) groups excluding carboxylic acids is 1. The van der Waals surface area contributed by atoms with Gasteiger partial charge in [-0.05, 0) is 60.9 Å². The van der Waals surface area contributed by atoms with Crippen LogP contribution < -0.4 is 9.62 Å². The Balaban J connectivity index is 1.95. The number of hydrogen-bond donors (Lipinski definition) is 1. The number of sulfonamides is 1. The normalized spacial score (nSPS) is 11.4. The summed E-state index contributed by atoms with van der Waals surface area (Å²) in [7, 11) is -3.97. The van der Waals surface area contributed by atoms with Gasteiger partial charge in [-0.2, -0.15) is 0 Å². The molecule has 162 valence electrons. The summed E-state index contributed by atoms with van der Waals surface area (Å²) in [6.07, 6.45) is 0. The van der Waals surface area contributed by atoms with Gasteiger partial charge < -0.3 is 5.32 Å². The summed E-state index contributed by atoms with van der Waals surface area (Å²) < 4.78 is 27.9. The van der Waals surface area contributed by atoms with E-state index in [9.17, 15) is 13.2 Å². The maximum Gasteiger partial charge on any atom is 0.264 e. The lowest BCUT2D eigenvalue weighted by molar-refractivity contribution is -0.114. The van der Waals surface area contributed by atoms with E-state index in [0.29, 0.717) is 16.4 Å². The lowest BCUT2D eigenvalue weighted by Crippen LogP contribution is -2.38. The Kier molecular flexibility index (Phi) is 7.03. The van der Waals surface area contributed by atoms with Crippen molar-refractivity contribution in [2.45, 2.75) is 31.6 Å². The Bertz CT molecular complexity index is 1160. The van der Waals surface area contributed by atoms with Gasteiger partial charge in [0.25, 0.3) is 10.0 Å². The molecule has 31 heavy (non-hydrogen) atoms. The van der Waals surface area contributed by atoms with Gasteiger partial charge in [0, 0.05) is 10.7 Å². The van der Waals surface area contributed by atoms with E-state index in [0.717, 1.165) is 15.4 Å². The molecule has 3 rings (SSSR count). The number of benzene rings is 3. The fraction of sp³-hybridized carbons (Fsp3) is 0.208. The van der Waals surface area contributed by atoms with E-state index in [1.807, 2.05) is 45.0 Å². The van der Waals surface area contributed by atoms with Crippen LogP contribution in [0.3, 0.4) is 0 Å². The van der Waals surface area contributed by atoms with Gasteiger partial charge in [-0.25, -0.2) is 8.42 Å². The minimum absolute atomic E-state index is 0.114. The highest BCUT2D eigenvalue weighted by atomic mass is 35.5. The van der Waals surface area contributed by atoms with Crippen LogP contribution in [0.5, 0.6) is 0 Å². The smallest absolute Gasteiger partial charge is 0.264 e. The molecule has 0 unspecified atom stereocenters. The van der Waals surface area contributed by atoms with Gasteiger partial charge in [0.15, 0.2) is 0 Å². The van der Waals surface area contributed by atoms with Crippen molar-refractivity contribution in [1.29, 1.82) is 0 Å². The quantitative estimate of drug-likeness (QED) is 0.502. The first kappa shape index (κ1) is 22.8. The number of amides is 1. The summed E-state index contributed by atoms with van der Waals surface area (Å²) in [5.74, 6) is -0.223. The second kappa shape index (κ2) is 9.54. The van der Waals surface area contributed by atoms with Crippen molar-refractivity contribution in [2.75, 3.05) is 16.2 Å². The van der Waals surface area contributed by atoms with Crippen molar-refractivity contribution in [1.82, 2.24) is 0 Å². The van der Waals surface area contributed by atoms with Gasteiger partial charge in [0.2, 0.25) is 5.91 Å². The van der Waals surface area contributed by atoms with Gasteiger partial charge in [-0.1, -0.05) is 61.3 Å². The molecule has 0 aliphatic carbocycles. The molecule has 3 aromatic carbocycles.